The van der Waals surface area contributed by atoms with Crippen LogP contribution in [0.4, 0.5) is 5.13 Å². The highest BCUT2D eigenvalue weighted by Gasteiger charge is 2.19. The Bertz CT molecular complexity index is 402. The van der Waals surface area contributed by atoms with Gasteiger partial charge < -0.3 is 10.2 Å². The van der Waals surface area contributed by atoms with Crippen LogP contribution in [0.3, 0.4) is 0 Å². The summed E-state index contributed by atoms with van der Waals surface area (Å²) in [6, 6.07) is 1.02. The van der Waals surface area contributed by atoms with Gasteiger partial charge in [-0.3, -0.25) is 0 Å². The van der Waals surface area contributed by atoms with Gasteiger partial charge in [-0.05, 0) is 19.1 Å². The first-order valence-electron chi connectivity index (χ1n) is 7.31. The van der Waals surface area contributed by atoms with Crippen LogP contribution < -0.4 is 10.2 Å². The van der Waals surface area contributed by atoms with E-state index in [2.05, 4.69) is 58.1 Å². The molecule has 0 saturated carbocycles. The van der Waals surface area contributed by atoms with Gasteiger partial charge in [-0.15, -0.1) is 11.3 Å². The van der Waals surface area contributed by atoms with Gasteiger partial charge in [0.2, 0.25) is 0 Å². The fourth-order valence-corrected chi connectivity index (χ4v) is 3.85. The largest absolute Gasteiger partial charge is 0.348 e. The van der Waals surface area contributed by atoms with Gasteiger partial charge in [-0.1, -0.05) is 27.7 Å². The lowest BCUT2D eigenvalue weighted by Gasteiger charge is -2.23. The number of hydrogen-bond acceptors (Lipinski definition) is 5. The van der Waals surface area contributed by atoms with Crippen LogP contribution in [0.25, 0.3) is 0 Å². The lowest BCUT2D eigenvalue weighted by Crippen LogP contribution is -2.30. The van der Waals surface area contributed by atoms with Gasteiger partial charge in [0.25, 0.3) is 0 Å². The Kier molecular flexibility index (Phi) is 7.34. The molecule has 0 spiro atoms. The van der Waals surface area contributed by atoms with Crippen molar-refractivity contribution in [2.45, 2.75) is 59.2 Å². The van der Waals surface area contributed by atoms with E-state index in [1.54, 1.807) is 0 Å². The molecule has 1 N–H and O–H groups in total. The molecule has 116 valence electrons. The van der Waals surface area contributed by atoms with E-state index in [4.69, 9.17) is 4.98 Å². The summed E-state index contributed by atoms with van der Waals surface area (Å²) in [5.41, 5.74) is 1.25. The minimum atomic E-state index is 0.480. The van der Waals surface area contributed by atoms with Gasteiger partial charge in [0.1, 0.15) is 0 Å². The molecule has 1 rings (SSSR count). The van der Waals surface area contributed by atoms with Crippen molar-refractivity contribution in [2.24, 2.45) is 0 Å². The number of hydrogen-bond donors (Lipinski definition) is 1. The number of thioether (sulfide) groups is 1. The highest BCUT2D eigenvalue weighted by atomic mass is 32.2. The molecule has 5 heteroatoms. The molecule has 0 radical (unpaired) electrons. The van der Waals surface area contributed by atoms with E-state index < -0.39 is 0 Å². The molecule has 1 heterocycles. The maximum atomic E-state index is 4.89. The van der Waals surface area contributed by atoms with Crippen LogP contribution in [0.2, 0.25) is 0 Å². The third-order valence-electron chi connectivity index (χ3n) is 3.30. The van der Waals surface area contributed by atoms with E-state index in [-0.39, 0.29) is 0 Å². The smallest absolute Gasteiger partial charge is 0.185 e. The highest BCUT2D eigenvalue weighted by molar-refractivity contribution is 7.98. The molecular weight excluding hydrogens is 286 g/mol. The molecule has 0 aromatic carbocycles. The first-order valence-corrected chi connectivity index (χ1v) is 9.52. The van der Waals surface area contributed by atoms with Crippen molar-refractivity contribution in [1.29, 1.82) is 0 Å². The van der Waals surface area contributed by atoms with Crippen LogP contribution in [0, 0.1) is 0 Å². The minimum absolute atomic E-state index is 0.480. The molecule has 0 amide bonds. The molecular formula is C15H29N3S2. The van der Waals surface area contributed by atoms with Crippen LogP contribution in [0.1, 0.15) is 51.1 Å². The first kappa shape index (κ1) is 17.8. The Hall–Kier alpha value is -0.260. The maximum Gasteiger partial charge on any atom is 0.185 e. The van der Waals surface area contributed by atoms with Crippen molar-refractivity contribution < 1.29 is 0 Å². The van der Waals surface area contributed by atoms with Crippen LogP contribution in [0.5, 0.6) is 0 Å². The van der Waals surface area contributed by atoms with E-state index in [9.17, 15) is 0 Å². The van der Waals surface area contributed by atoms with Crippen molar-refractivity contribution in [3.05, 3.63) is 10.6 Å². The molecule has 3 nitrogen and oxygen atoms in total. The van der Waals surface area contributed by atoms with E-state index in [1.807, 2.05) is 23.1 Å². The number of nitrogens with one attached hydrogen (secondary N) is 1. The summed E-state index contributed by atoms with van der Waals surface area (Å²) < 4.78 is 0. The number of aromatic nitrogens is 1. The molecule has 0 saturated heterocycles. The zero-order chi connectivity index (χ0) is 15.3. The molecule has 0 bridgehead atoms. The molecule has 1 aromatic heterocycles. The normalized spacial score (nSPS) is 13.2. The summed E-state index contributed by atoms with van der Waals surface area (Å²) >= 11 is 3.72. The Morgan fingerprint density at radius 1 is 1.25 bits per heavy atom. The van der Waals surface area contributed by atoms with Gasteiger partial charge in [0.15, 0.2) is 5.13 Å². The summed E-state index contributed by atoms with van der Waals surface area (Å²) in [4.78, 5) is 8.58. The average molecular weight is 316 g/mol. The van der Waals surface area contributed by atoms with Gasteiger partial charge in [0.05, 0.1) is 5.69 Å². The Labute approximate surface area is 132 Å². The Morgan fingerprint density at radius 3 is 2.40 bits per heavy atom. The van der Waals surface area contributed by atoms with Crippen LogP contribution in [-0.2, 0) is 6.54 Å². The zero-order valence-corrected chi connectivity index (χ0v) is 15.5. The SMILES string of the molecule is CSCC(C)N(C)c1nc(C(C)C)c(CNC(C)C)s1. The van der Waals surface area contributed by atoms with Crippen molar-refractivity contribution in [2.75, 3.05) is 24.0 Å². The van der Waals surface area contributed by atoms with Gasteiger partial charge >= 0.3 is 0 Å². The standard InChI is InChI=1S/C15H29N3S2/c1-10(2)14-13(8-16-11(3)4)20-15(17-14)18(6)12(5)9-19-7/h10-12,16H,8-9H2,1-7H3. The predicted molar refractivity (Wildman–Crippen MR) is 94.4 cm³/mol. The fraction of sp³-hybridized carbons (Fsp3) is 0.800. The molecule has 0 fully saturated rings. The lowest BCUT2D eigenvalue weighted by atomic mass is 10.1. The van der Waals surface area contributed by atoms with Gasteiger partial charge in [-0.2, -0.15) is 11.8 Å². The summed E-state index contributed by atoms with van der Waals surface area (Å²) in [5, 5.41) is 4.66. The second-order valence-electron chi connectivity index (χ2n) is 5.91. The van der Waals surface area contributed by atoms with Crippen molar-refractivity contribution >= 4 is 28.2 Å². The monoisotopic (exact) mass is 315 g/mol. The fourth-order valence-electron chi connectivity index (χ4n) is 1.92. The number of nitrogens with zero attached hydrogens (tertiary/aromatic N) is 2. The van der Waals surface area contributed by atoms with E-state index in [0.717, 1.165) is 17.4 Å². The number of rotatable bonds is 8. The first-order chi connectivity index (χ1) is 9.36. The Balaban J connectivity index is 2.90. The second-order valence-corrected chi connectivity index (χ2v) is 7.88. The van der Waals surface area contributed by atoms with E-state index in [0.29, 0.717) is 18.0 Å². The topological polar surface area (TPSA) is 28.2 Å². The van der Waals surface area contributed by atoms with Crippen molar-refractivity contribution in [3.63, 3.8) is 0 Å². The molecule has 1 atom stereocenters. The maximum absolute atomic E-state index is 4.89. The predicted octanol–water partition coefficient (Wildman–Crippen LogP) is 3.95. The van der Waals surface area contributed by atoms with Crippen molar-refractivity contribution in [1.82, 2.24) is 10.3 Å². The molecule has 20 heavy (non-hydrogen) atoms. The summed E-state index contributed by atoms with van der Waals surface area (Å²) in [6.45, 7) is 12.0. The van der Waals surface area contributed by atoms with Crippen LogP contribution in [0.15, 0.2) is 0 Å². The molecule has 1 aromatic rings. The molecule has 0 aliphatic rings. The molecule has 1 unspecified atom stereocenters. The van der Waals surface area contributed by atoms with Crippen LogP contribution in [-0.4, -0.2) is 36.1 Å². The quantitative estimate of drug-likeness (QED) is 0.786. The third-order valence-corrected chi connectivity index (χ3v) is 5.28. The van der Waals surface area contributed by atoms with Crippen molar-refractivity contribution in [3.8, 4) is 0 Å². The minimum Gasteiger partial charge on any atom is -0.348 e. The lowest BCUT2D eigenvalue weighted by molar-refractivity contribution is 0.588. The second kappa shape index (κ2) is 8.25. The third kappa shape index (κ3) is 4.93. The summed E-state index contributed by atoms with van der Waals surface area (Å²) in [6.07, 6.45) is 2.16. The van der Waals surface area contributed by atoms with E-state index >= 15 is 0 Å². The van der Waals surface area contributed by atoms with Crippen LogP contribution >= 0.6 is 23.1 Å². The Morgan fingerprint density at radius 2 is 1.90 bits per heavy atom. The summed E-state index contributed by atoms with van der Waals surface area (Å²) in [7, 11) is 2.16. The summed E-state index contributed by atoms with van der Waals surface area (Å²) in [5.74, 6) is 1.61. The highest BCUT2D eigenvalue weighted by Crippen LogP contribution is 2.31. The average Bonchev–Trinajstić information content (AvgIpc) is 2.79. The van der Waals surface area contributed by atoms with E-state index in [1.165, 1.54) is 10.6 Å². The van der Waals surface area contributed by atoms with Gasteiger partial charge in [-0.25, -0.2) is 4.98 Å². The molecule has 0 aliphatic heterocycles. The van der Waals surface area contributed by atoms with Gasteiger partial charge in [0, 0.05) is 36.3 Å². The molecule has 0 aliphatic carbocycles. The zero-order valence-electron chi connectivity index (χ0n) is 13.9. The number of thiazole rings is 1. The number of anilines is 1.